The lowest BCUT2D eigenvalue weighted by atomic mass is 9.60. The maximum Gasteiger partial charge on any atom is 0.255 e. The van der Waals surface area contributed by atoms with Gasteiger partial charge in [-0.25, -0.2) is 0 Å². The zero-order valence-electron chi connectivity index (χ0n) is 17.1. The molecule has 1 amide bonds. The molecule has 1 aromatic carbocycles. The number of aliphatic hydroxyl groups is 3. The van der Waals surface area contributed by atoms with E-state index in [0.29, 0.717) is 12.0 Å². The van der Waals surface area contributed by atoms with E-state index in [0.717, 1.165) is 24.8 Å². The van der Waals surface area contributed by atoms with Crippen LogP contribution in [0.2, 0.25) is 0 Å². The number of aryl methyl sites for hydroxylation is 1. The van der Waals surface area contributed by atoms with Gasteiger partial charge in [0.2, 0.25) is 5.78 Å². The molecule has 6 N–H and O–H groups in total. The number of phenols is 1. The zero-order valence-corrected chi connectivity index (χ0v) is 17.1. The number of amides is 1. The number of aliphatic hydroxyl groups excluding tert-OH is 2. The number of rotatable bonds is 4. The Bertz CT molecular complexity index is 1080. The summed E-state index contributed by atoms with van der Waals surface area (Å²) < 4.78 is 0. The van der Waals surface area contributed by atoms with Crippen LogP contribution >= 0.6 is 0 Å². The molecule has 8 heteroatoms. The lowest BCUT2D eigenvalue weighted by Gasteiger charge is -2.45. The second-order valence-electron chi connectivity index (χ2n) is 8.61. The highest BCUT2D eigenvalue weighted by molar-refractivity contribution is 6.24. The molecule has 2 unspecified atom stereocenters. The number of ketones is 2. The van der Waals surface area contributed by atoms with E-state index in [1.807, 2.05) is 0 Å². The van der Waals surface area contributed by atoms with E-state index in [9.17, 15) is 34.8 Å². The van der Waals surface area contributed by atoms with Crippen LogP contribution in [0.15, 0.2) is 34.8 Å². The largest absolute Gasteiger partial charge is 0.511 e. The summed E-state index contributed by atoms with van der Waals surface area (Å²) in [6, 6.07) is 3.24. The molecular formula is C23H25NO7. The highest BCUT2D eigenvalue weighted by atomic mass is 16.3. The Kier molecular flexibility index (Phi) is 4.93. The van der Waals surface area contributed by atoms with Crippen molar-refractivity contribution in [3.05, 3.63) is 51.5 Å². The van der Waals surface area contributed by atoms with Gasteiger partial charge in [-0.3, -0.25) is 14.4 Å². The lowest BCUT2D eigenvalue weighted by molar-refractivity contribution is -0.144. The fraction of sp³-hybridized carbons (Fsp3) is 0.435. The lowest BCUT2D eigenvalue weighted by Crippen LogP contribution is -2.57. The van der Waals surface area contributed by atoms with Crippen molar-refractivity contribution in [3.8, 4) is 5.75 Å². The third-order valence-electron chi connectivity index (χ3n) is 6.84. The molecule has 8 nitrogen and oxygen atoms in total. The normalized spacial score (nSPS) is 27.7. The Labute approximate surface area is 178 Å². The first-order valence-corrected chi connectivity index (χ1v) is 10.4. The Morgan fingerprint density at radius 3 is 2.55 bits per heavy atom. The van der Waals surface area contributed by atoms with Gasteiger partial charge in [-0.2, -0.15) is 0 Å². The van der Waals surface area contributed by atoms with Crippen molar-refractivity contribution in [2.45, 2.75) is 51.0 Å². The summed E-state index contributed by atoms with van der Waals surface area (Å²) in [7, 11) is 0. The molecule has 31 heavy (non-hydrogen) atoms. The Balaban J connectivity index is 1.87. The van der Waals surface area contributed by atoms with Crippen LogP contribution in [-0.2, 0) is 22.4 Å². The average Bonchev–Trinajstić information content (AvgIpc) is 2.70. The van der Waals surface area contributed by atoms with E-state index >= 15 is 0 Å². The van der Waals surface area contributed by atoms with Gasteiger partial charge >= 0.3 is 0 Å². The highest BCUT2D eigenvalue weighted by Gasteiger charge is 2.59. The smallest absolute Gasteiger partial charge is 0.255 e. The van der Waals surface area contributed by atoms with Crippen LogP contribution in [0.3, 0.4) is 0 Å². The SMILES string of the molecule is CCCCc1ccc(O)c2c1CC1CC3CC(O)=C(C(N)=O)C(=O)[C@@]3(O)C(O)=C1C2=O. The maximum absolute atomic E-state index is 13.4. The van der Waals surface area contributed by atoms with E-state index in [1.165, 1.54) is 6.07 Å². The summed E-state index contributed by atoms with van der Waals surface area (Å²) in [4.78, 5) is 37.9. The first-order valence-electron chi connectivity index (χ1n) is 10.4. The molecule has 0 radical (unpaired) electrons. The number of aromatic hydroxyl groups is 1. The van der Waals surface area contributed by atoms with Crippen LogP contribution in [0.25, 0.3) is 0 Å². The molecule has 0 saturated heterocycles. The van der Waals surface area contributed by atoms with Gasteiger partial charge in [0.15, 0.2) is 11.4 Å². The van der Waals surface area contributed by atoms with E-state index < -0.39 is 52.0 Å². The number of carbonyl (C=O) groups excluding carboxylic acids is 3. The minimum atomic E-state index is -2.52. The minimum Gasteiger partial charge on any atom is -0.511 e. The minimum absolute atomic E-state index is 0.0743. The van der Waals surface area contributed by atoms with Crippen LogP contribution in [0.4, 0.5) is 0 Å². The number of primary amides is 1. The fourth-order valence-corrected chi connectivity index (χ4v) is 5.28. The van der Waals surface area contributed by atoms with E-state index in [-0.39, 0.29) is 29.7 Å². The van der Waals surface area contributed by atoms with Crippen molar-refractivity contribution in [1.82, 2.24) is 0 Å². The number of phenolic OH excluding ortho intramolecular Hbond substituents is 1. The summed E-state index contributed by atoms with van der Waals surface area (Å²) in [6.07, 6.45) is 2.88. The number of hydrogen-bond acceptors (Lipinski definition) is 7. The summed E-state index contributed by atoms with van der Waals surface area (Å²) >= 11 is 0. The Morgan fingerprint density at radius 2 is 1.90 bits per heavy atom. The molecule has 4 rings (SSSR count). The molecule has 164 valence electrons. The van der Waals surface area contributed by atoms with Gasteiger partial charge in [-0.15, -0.1) is 0 Å². The van der Waals surface area contributed by atoms with E-state index in [4.69, 9.17) is 5.73 Å². The summed E-state index contributed by atoms with van der Waals surface area (Å²) in [5, 5.41) is 42.7. The van der Waals surface area contributed by atoms with Crippen molar-refractivity contribution in [2.75, 3.05) is 0 Å². The number of nitrogens with two attached hydrogens (primary N) is 1. The summed E-state index contributed by atoms with van der Waals surface area (Å²) in [5.41, 5.74) is 3.50. The van der Waals surface area contributed by atoms with Gasteiger partial charge in [0.25, 0.3) is 5.91 Å². The number of Topliss-reactive ketones (excluding diaryl/α,β-unsaturated/α-hetero) is 2. The summed E-state index contributed by atoms with van der Waals surface area (Å²) in [5.74, 6) is -6.04. The van der Waals surface area contributed by atoms with Crippen molar-refractivity contribution in [3.63, 3.8) is 0 Å². The predicted molar refractivity (Wildman–Crippen MR) is 109 cm³/mol. The van der Waals surface area contributed by atoms with Crippen molar-refractivity contribution in [1.29, 1.82) is 0 Å². The van der Waals surface area contributed by atoms with Crippen LogP contribution in [-0.4, -0.2) is 43.5 Å². The van der Waals surface area contributed by atoms with Crippen LogP contribution in [0.1, 0.15) is 54.1 Å². The molecule has 0 fully saturated rings. The number of allylic oxidation sites excluding steroid dienone is 2. The van der Waals surface area contributed by atoms with Crippen LogP contribution in [0, 0.1) is 11.8 Å². The number of hydrogen-bond donors (Lipinski definition) is 5. The molecular weight excluding hydrogens is 402 g/mol. The Morgan fingerprint density at radius 1 is 1.19 bits per heavy atom. The molecule has 3 atom stereocenters. The average molecular weight is 427 g/mol. The van der Waals surface area contributed by atoms with Crippen LogP contribution in [0.5, 0.6) is 5.75 Å². The zero-order chi connectivity index (χ0) is 22.7. The van der Waals surface area contributed by atoms with Crippen molar-refractivity contribution >= 4 is 17.5 Å². The maximum atomic E-state index is 13.4. The molecule has 0 aromatic heterocycles. The molecule has 0 saturated carbocycles. The molecule has 3 aliphatic carbocycles. The van der Waals surface area contributed by atoms with Crippen LogP contribution < -0.4 is 5.73 Å². The first kappa shape index (κ1) is 21.1. The molecule has 0 spiro atoms. The number of fused-ring (bicyclic) bond motifs is 3. The first-order chi connectivity index (χ1) is 14.6. The van der Waals surface area contributed by atoms with Gasteiger partial charge in [-0.05, 0) is 48.8 Å². The number of carbonyl (C=O) groups is 3. The molecule has 3 aliphatic rings. The second kappa shape index (κ2) is 7.23. The predicted octanol–water partition coefficient (Wildman–Crippen LogP) is 1.92. The van der Waals surface area contributed by atoms with Gasteiger partial charge in [-0.1, -0.05) is 19.4 Å². The van der Waals surface area contributed by atoms with E-state index in [2.05, 4.69) is 6.92 Å². The quantitative estimate of drug-likeness (QED) is 0.459. The summed E-state index contributed by atoms with van der Waals surface area (Å²) in [6.45, 7) is 2.05. The fourth-order valence-electron chi connectivity index (χ4n) is 5.28. The monoisotopic (exact) mass is 427 g/mol. The molecule has 1 aromatic rings. The topological polar surface area (TPSA) is 158 Å². The van der Waals surface area contributed by atoms with Gasteiger partial charge in [0, 0.05) is 17.9 Å². The third-order valence-corrected chi connectivity index (χ3v) is 6.84. The molecule has 0 heterocycles. The standard InChI is InChI=1S/C23H25NO7/c1-2-3-4-10-5-6-14(25)17-13(10)8-11-7-12-9-15(26)18(22(24)30)21(29)23(12,31)20(28)16(11)19(17)27/h5-6,11-12,25-26,28,31H,2-4,7-9H2,1H3,(H2,24,30)/t11?,12?,23-/m0/s1. The van der Waals surface area contributed by atoms with Gasteiger partial charge in [0.05, 0.1) is 5.56 Å². The highest BCUT2D eigenvalue weighted by Crippen LogP contribution is 2.51. The second-order valence-corrected chi connectivity index (χ2v) is 8.61. The third kappa shape index (κ3) is 2.89. The van der Waals surface area contributed by atoms with Gasteiger partial charge < -0.3 is 26.2 Å². The molecule has 0 aliphatic heterocycles. The number of benzene rings is 1. The Hall–Kier alpha value is -3.13. The van der Waals surface area contributed by atoms with Crippen molar-refractivity contribution in [2.24, 2.45) is 17.6 Å². The van der Waals surface area contributed by atoms with Crippen molar-refractivity contribution < 1.29 is 34.8 Å². The molecule has 0 bridgehead atoms. The van der Waals surface area contributed by atoms with E-state index in [1.54, 1.807) is 6.07 Å². The van der Waals surface area contributed by atoms with Gasteiger partial charge in [0.1, 0.15) is 22.8 Å². The number of unbranched alkanes of at least 4 members (excludes halogenated alkanes) is 1.